The number of ether oxygens (including phenoxy) is 3. The fraction of sp³-hybridized carbons (Fsp3) is 0.400. The number of nitrogens with one attached hydrogen (secondary N) is 2. The molecule has 3 unspecified atom stereocenters. The molecule has 14 nitrogen and oxygen atoms in total. The summed E-state index contributed by atoms with van der Waals surface area (Å²) >= 11 is 0. The number of hydrogen-bond acceptors (Lipinski definition) is 9. The average molecular weight is 506 g/mol. The van der Waals surface area contributed by atoms with Crippen LogP contribution >= 0.6 is 7.82 Å². The number of carbonyl (C=O) groups is 1. The van der Waals surface area contributed by atoms with E-state index in [-0.39, 0.29) is 5.82 Å². The second-order valence-corrected chi connectivity index (χ2v) is 9.07. The molecule has 0 spiro atoms. The Morgan fingerprint density at radius 1 is 1.14 bits per heavy atom. The van der Waals surface area contributed by atoms with Gasteiger partial charge in [0.25, 0.3) is 0 Å². The topological polar surface area (TPSA) is 179 Å². The van der Waals surface area contributed by atoms with E-state index in [1.807, 2.05) is 30.3 Å². The van der Waals surface area contributed by atoms with E-state index in [4.69, 9.17) is 28.5 Å². The molecule has 15 heteroatoms. The summed E-state index contributed by atoms with van der Waals surface area (Å²) in [5.41, 5.74) is 1.47. The molecule has 1 aromatic carbocycles. The van der Waals surface area contributed by atoms with Gasteiger partial charge in [0.1, 0.15) is 24.6 Å². The van der Waals surface area contributed by atoms with E-state index in [1.165, 1.54) is 12.7 Å². The number of aromatic nitrogens is 4. The predicted octanol–water partition coefficient (Wildman–Crippen LogP) is 1.46. The molecule has 2 fully saturated rings. The van der Waals surface area contributed by atoms with Gasteiger partial charge in [-0.15, -0.1) is 0 Å². The Morgan fingerprint density at radius 2 is 1.91 bits per heavy atom. The monoisotopic (exact) mass is 506 g/mol. The molecule has 0 saturated carbocycles. The van der Waals surface area contributed by atoms with Crippen molar-refractivity contribution in [1.82, 2.24) is 24.8 Å². The first kappa shape index (κ1) is 23.8. The Morgan fingerprint density at radius 3 is 2.66 bits per heavy atom. The van der Waals surface area contributed by atoms with Crippen LogP contribution in [0.25, 0.3) is 11.2 Å². The van der Waals surface area contributed by atoms with Gasteiger partial charge in [0, 0.05) is 12.1 Å². The Kier molecular flexibility index (Phi) is 6.51. The number of benzene rings is 1. The van der Waals surface area contributed by atoms with Gasteiger partial charge in [0.15, 0.2) is 29.5 Å². The summed E-state index contributed by atoms with van der Waals surface area (Å²) in [5.74, 6) is 0.210. The molecule has 0 aliphatic carbocycles. The van der Waals surface area contributed by atoms with Crippen molar-refractivity contribution in [2.45, 2.75) is 37.8 Å². The number of phosphoric acid groups is 1. The lowest BCUT2D eigenvalue weighted by Crippen LogP contribution is -2.31. The van der Waals surface area contributed by atoms with Crippen LogP contribution in [0.3, 0.4) is 0 Å². The molecule has 2 saturated heterocycles. The third kappa shape index (κ3) is 4.90. The highest BCUT2D eigenvalue weighted by molar-refractivity contribution is 7.46. The van der Waals surface area contributed by atoms with E-state index in [0.717, 1.165) is 5.56 Å². The van der Waals surface area contributed by atoms with Gasteiger partial charge in [0.05, 0.1) is 12.9 Å². The van der Waals surface area contributed by atoms with Crippen molar-refractivity contribution in [3.05, 3.63) is 48.5 Å². The van der Waals surface area contributed by atoms with E-state index in [2.05, 4.69) is 25.6 Å². The Hall–Kier alpha value is -2.97. The first-order valence-corrected chi connectivity index (χ1v) is 12.3. The van der Waals surface area contributed by atoms with E-state index in [9.17, 15) is 9.36 Å². The lowest BCUT2D eigenvalue weighted by molar-refractivity contribution is -0.152. The third-order valence-electron chi connectivity index (χ3n) is 5.53. The number of fused-ring (bicyclic) bond motifs is 2. The lowest BCUT2D eigenvalue weighted by atomic mass is 10.1. The second-order valence-electron chi connectivity index (χ2n) is 7.83. The van der Waals surface area contributed by atoms with Crippen LogP contribution in [0.1, 0.15) is 25.0 Å². The standard InChI is InChI=1S/C20H23N6O8P/c1-2-21-20(27)25-16-13-17(23-9-22-16)26(10-24-13)18-15-14(12(32-18)8-31-35(28,29)30)33-19(34-15)11-6-4-3-5-7-11/h3-7,9-10,12,14-15,18-19H,2,8H2,1H3,(H2,28,29,30)(H2,21,22,23,25,27)/t12-,14?,15?,18-,19?/m1/s1. The zero-order valence-electron chi connectivity index (χ0n) is 18.4. The Balaban J connectivity index is 1.45. The van der Waals surface area contributed by atoms with E-state index in [0.29, 0.717) is 17.7 Å². The van der Waals surface area contributed by atoms with Crippen LogP contribution in [0.15, 0.2) is 43.0 Å². The highest BCUT2D eigenvalue weighted by Crippen LogP contribution is 2.46. The summed E-state index contributed by atoms with van der Waals surface area (Å²) in [6.07, 6.45) is -0.983. The molecule has 0 radical (unpaired) electrons. The van der Waals surface area contributed by atoms with Crippen LogP contribution in [0.4, 0.5) is 10.6 Å². The average Bonchev–Trinajstić information content (AvgIpc) is 3.52. The minimum absolute atomic E-state index is 0.210. The number of urea groups is 1. The molecule has 4 N–H and O–H groups in total. The smallest absolute Gasteiger partial charge is 0.347 e. The summed E-state index contributed by atoms with van der Waals surface area (Å²) in [4.78, 5) is 43.0. The number of anilines is 1. The molecule has 5 rings (SSSR count). The maximum atomic E-state index is 12.0. The second kappa shape index (κ2) is 9.59. The molecule has 35 heavy (non-hydrogen) atoms. The molecule has 0 bridgehead atoms. The highest BCUT2D eigenvalue weighted by Gasteiger charge is 2.54. The number of hydrogen-bond donors (Lipinski definition) is 4. The fourth-order valence-corrected chi connectivity index (χ4v) is 4.41. The number of rotatable bonds is 7. The van der Waals surface area contributed by atoms with Gasteiger partial charge in [0.2, 0.25) is 0 Å². The van der Waals surface area contributed by atoms with Gasteiger partial charge in [-0.2, -0.15) is 0 Å². The Bertz CT molecular complexity index is 1250. The van der Waals surface area contributed by atoms with Crippen molar-refractivity contribution in [2.24, 2.45) is 0 Å². The first-order chi connectivity index (χ1) is 16.8. The molecule has 5 atom stereocenters. The van der Waals surface area contributed by atoms with E-state index < -0.39 is 51.3 Å². The van der Waals surface area contributed by atoms with Crippen LogP contribution in [-0.2, 0) is 23.3 Å². The third-order valence-corrected chi connectivity index (χ3v) is 6.01. The number of imidazole rings is 1. The molecule has 2 amide bonds. The van der Waals surface area contributed by atoms with Crippen LogP contribution in [0.5, 0.6) is 0 Å². The zero-order valence-corrected chi connectivity index (χ0v) is 19.3. The van der Waals surface area contributed by atoms with Gasteiger partial charge in [-0.25, -0.2) is 24.3 Å². The van der Waals surface area contributed by atoms with Crippen LogP contribution < -0.4 is 10.6 Å². The molecule has 3 aromatic rings. The first-order valence-electron chi connectivity index (χ1n) is 10.8. The van der Waals surface area contributed by atoms with Crippen molar-refractivity contribution in [3.63, 3.8) is 0 Å². The minimum atomic E-state index is -4.74. The summed E-state index contributed by atoms with van der Waals surface area (Å²) in [6, 6.07) is 8.83. The quantitative estimate of drug-likeness (QED) is 0.341. The number of nitrogens with zero attached hydrogens (tertiary/aromatic N) is 4. The van der Waals surface area contributed by atoms with Crippen LogP contribution in [0, 0.1) is 0 Å². The van der Waals surface area contributed by atoms with Crippen molar-refractivity contribution >= 4 is 30.8 Å². The molecule has 4 heterocycles. The fourth-order valence-electron chi connectivity index (χ4n) is 4.07. The minimum Gasteiger partial charge on any atom is -0.347 e. The molecule has 2 aromatic heterocycles. The number of phosphoric ester groups is 1. The summed E-state index contributed by atoms with van der Waals surface area (Å²) in [7, 11) is -4.74. The number of amides is 2. The van der Waals surface area contributed by atoms with Crippen molar-refractivity contribution in [3.8, 4) is 0 Å². The van der Waals surface area contributed by atoms with Crippen molar-refractivity contribution in [2.75, 3.05) is 18.5 Å². The van der Waals surface area contributed by atoms with Crippen molar-refractivity contribution in [1.29, 1.82) is 0 Å². The summed E-state index contributed by atoms with van der Waals surface area (Å²) < 4.78 is 35.9. The highest BCUT2D eigenvalue weighted by atomic mass is 31.2. The van der Waals surface area contributed by atoms with E-state index in [1.54, 1.807) is 11.5 Å². The van der Waals surface area contributed by atoms with Crippen LogP contribution in [0.2, 0.25) is 0 Å². The maximum absolute atomic E-state index is 12.0. The van der Waals surface area contributed by atoms with Gasteiger partial charge in [-0.05, 0) is 6.92 Å². The van der Waals surface area contributed by atoms with Crippen molar-refractivity contribution < 1.29 is 37.9 Å². The zero-order chi connectivity index (χ0) is 24.6. The van der Waals surface area contributed by atoms with Crippen LogP contribution in [-0.4, -0.2) is 66.8 Å². The number of carbonyl (C=O) groups excluding carboxylic acids is 1. The lowest BCUT2D eigenvalue weighted by Gasteiger charge is -2.21. The normalized spacial score (nSPS) is 26.1. The van der Waals surface area contributed by atoms with Gasteiger partial charge in [-0.3, -0.25) is 14.4 Å². The van der Waals surface area contributed by atoms with Gasteiger partial charge >= 0.3 is 13.9 Å². The molecule has 2 aliphatic heterocycles. The predicted molar refractivity (Wildman–Crippen MR) is 119 cm³/mol. The largest absolute Gasteiger partial charge is 0.469 e. The maximum Gasteiger partial charge on any atom is 0.469 e. The molecular weight excluding hydrogens is 483 g/mol. The molecular formula is C20H23N6O8P. The van der Waals surface area contributed by atoms with Gasteiger partial charge in [-0.1, -0.05) is 30.3 Å². The van der Waals surface area contributed by atoms with E-state index >= 15 is 0 Å². The molecule has 2 aliphatic rings. The SMILES string of the molecule is CCNC(=O)Nc1ncnc2c1ncn2[C@@H]1O[C@H](COP(=O)(O)O)C2OC(c3ccccc3)OC21. The molecule has 186 valence electrons. The Labute approximate surface area is 198 Å². The summed E-state index contributed by atoms with van der Waals surface area (Å²) in [5, 5.41) is 5.25. The summed E-state index contributed by atoms with van der Waals surface area (Å²) in [6.45, 7) is 1.81. The van der Waals surface area contributed by atoms with Gasteiger partial charge < -0.3 is 29.3 Å².